The van der Waals surface area contributed by atoms with Crippen molar-refractivity contribution in [2.75, 3.05) is 10.8 Å². The molecule has 0 aliphatic carbocycles. The van der Waals surface area contributed by atoms with Gasteiger partial charge in [-0.1, -0.05) is 79.5 Å². The molecule has 2 amide bonds. The summed E-state index contributed by atoms with van der Waals surface area (Å²) in [5.41, 5.74) is 2.16. The van der Waals surface area contributed by atoms with Crippen molar-refractivity contribution in [3.8, 4) is 0 Å². The van der Waals surface area contributed by atoms with E-state index in [1.165, 1.54) is 23.1 Å². The quantitative estimate of drug-likeness (QED) is 0.309. The van der Waals surface area contributed by atoms with Gasteiger partial charge in [0.05, 0.1) is 10.6 Å². The van der Waals surface area contributed by atoms with Crippen LogP contribution in [0, 0.1) is 6.92 Å². The van der Waals surface area contributed by atoms with Crippen LogP contribution in [0.25, 0.3) is 0 Å². The zero-order chi connectivity index (χ0) is 28.6. The van der Waals surface area contributed by atoms with Gasteiger partial charge in [0.25, 0.3) is 10.0 Å². The van der Waals surface area contributed by atoms with E-state index in [-0.39, 0.29) is 29.1 Å². The average Bonchev–Trinajstić information content (AvgIpc) is 2.92. The van der Waals surface area contributed by atoms with Crippen LogP contribution in [0.4, 0.5) is 5.69 Å². The number of amides is 2. The monoisotopic (exact) mass is 569 g/mol. The van der Waals surface area contributed by atoms with E-state index in [1.54, 1.807) is 36.4 Å². The van der Waals surface area contributed by atoms with E-state index >= 15 is 0 Å². The number of nitrogens with zero attached hydrogens (tertiary/aromatic N) is 2. The molecule has 0 fully saturated rings. The number of rotatable bonds is 12. The van der Waals surface area contributed by atoms with Crippen LogP contribution in [0.15, 0.2) is 83.8 Å². The molecule has 208 valence electrons. The maximum atomic E-state index is 14.0. The van der Waals surface area contributed by atoms with Gasteiger partial charge in [-0.15, -0.1) is 0 Å². The molecule has 0 aliphatic heterocycles. The van der Waals surface area contributed by atoms with Gasteiger partial charge in [-0.25, -0.2) is 8.42 Å². The fourth-order valence-corrected chi connectivity index (χ4v) is 5.74. The predicted octanol–water partition coefficient (Wildman–Crippen LogP) is 5.57. The van der Waals surface area contributed by atoms with Gasteiger partial charge >= 0.3 is 0 Å². The van der Waals surface area contributed by atoms with Crippen molar-refractivity contribution in [1.82, 2.24) is 10.2 Å². The van der Waals surface area contributed by atoms with Crippen LogP contribution in [0.5, 0.6) is 0 Å². The van der Waals surface area contributed by atoms with Crippen molar-refractivity contribution in [1.29, 1.82) is 0 Å². The maximum absolute atomic E-state index is 14.0. The Labute approximate surface area is 236 Å². The summed E-state index contributed by atoms with van der Waals surface area (Å²) in [6, 6.07) is 21.2. The summed E-state index contributed by atoms with van der Waals surface area (Å²) in [6.45, 7) is 7.34. The summed E-state index contributed by atoms with van der Waals surface area (Å²) in [6.07, 6.45) is 1.11. The second-order valence-electron chi connectivity index (χ2n) is 9.55. The number of nitrogens with one attached hydrogen (secondary N) is 1. The highest BCUT2D eigenvalue weighted by atomic mass is 35.5. The third-order valence-corrected chi connectivity index (χ3v) is 8.59. The molecule has 7 nitrogen and oxygen atoms in total. The van der Waals surface area contributed by atoms with E-state index in [4.69, 9.17) is 11.6 Å². The number of carbonyl (C=O) groups excluding carboxylic acids is 2. The van der Waals surface area contributed by atoms with E-state index in [9.17, 15) is 18.0 Å². The Morgan fingerprint density at radius 1 is 0.923 bits per heavy atom. The smallest absolute Gasteiger partial charge is 0.264 e. The van der Waals surface area contributed by atoms with Crippen molar-refractivity contribution in [3.05, 3.63) is 95.0 Å². The molecule has 0 saturated carbocycles. The fraction of sp³-hybridized carbons (Fsp3) is 0.333. The van der Waals surface area contributed by atoms with Crippen molar-refractivity contribution in [2.45, 2.75) is 64.1 Å². The number of carbonyl (C=O) groups is 2. The van der Waals surface area contributed by atoms with Crippen LogP contribution in [-0.2, 0) is 26.2 Å². The lowest BCUT2D eigenvalue weighted by atomic mass is 10.1. The summed E-state index contributed by atoms with van der Waals surface area (Å²) in [5, 5.41) is 3.31. The van der Waals surface area contributed by atoms with Crippen molar-refractivity contribution < 1.29 is 18.0 Å². The molecular formula is C30H36ClN3O4S. The average molecular weight is 570 g/mol. The van der Waals surface area contributed by atoms with E-state index in [0.29, 0.717) is 11.4 Å². The van der Waals surface area contributed by atoms with Gasteiger partial charge in [-0.3, -0.25) is 13.9 Å². The molecule has 0 aliphatic rings. The van der Waals surface area contributed by atoms with Crippen LogP contribution in [0.3, 0.4) is 0 Å². The summed E-state index contributed by atoms with van der Waals surface area (Å²) in [4.78, 5) is 28.8. The van der Waals surface area contributed by atoms with E-state index in [0.717, 1.165) is 21.9 Å². The highest BCUT2D eigenvalue weighted by Gasteiger charge is 2.34. The van der Waals surface area contributed by atoms with Gasteiger partial charge in [0.15, 0.2) is 0 Å². The van der Waals surface area contributed by atoms with Crippen molar-refractivity contribution in [3.63, 3.8) is 0 Å². The molecule has 0 spiro atoms. The maximum Gasteiger partial charge on any atom is 0.264 e. The van der Waals surface area contributed by atoms with Crippen molar-refractivity contribution >= 4 is 39.1 Å². The predicted molar refractivity (Wildman–Crippen MR) is 156 cm³/mol. The van der Waals surface area contributed by atoms with Crippen LogP contribution >= 0.6 is 11.6 Å². The second kappa shape index (κ2) is 13.6. The SMILES string of the molecule is CC[C@H](C)NC(=O)[C@H](CC)N(Cc1ccc(C)cc1)C(=O)CN(c1cccc(Cl)c1)S(=O)(=O)c1ccccc1. The topological polar surface area (TPSA) is 86.8 Å². The van der Waals surface area contributed by atoms with Gasteiger partial charge in [-0.05, 0) is 62.6 Å². The fourth-order valence-electron chi connectivity index (χ4n) is 4.13. The first-order valence-electron chi connectivity index (χ1n) is 13.1. The number of aryl methyl sites for hydroxylation is 1. The number of sulfonamides is 1. The summed E-state index contributed by atoms with van der Waals surface area (Å²) < 4.78 is 28.6. The number of benzene rings is 3. The van der Waals surface area contributed by atoms with Crippen LogP contribution in [-0.4, -0.2) is 43.8 Å². The molecule has 2 atom stereocenters. The number of hydrogen-bond donors (Lipinski definition) is 1. The van der Waals surface area contributed by atoms with Crippen LogP contribution in [0.2, 0.25) is 5.02 Å². The summed E-state index contributed by atoms with van der Waals surface area (Å²) >= 11 is 6.21. The molecule has 0 bridgehead atoms. The highest BCUT2D eigenvalue weighted by Crippen LogP contribution is 2.27. The Morgan fingerprint density at radius 2 is 1.59 bits per heavy atom. The number of hydrogen-bond acceptors (Lipinski definition) is 4. The Balaban J connectivity index is 2.04. The zero-order valence-electron chi connectivity index (χ0n) is 22.8. The third-order valence-electron chi connectivity index (χ3n) is 6.57. The van der Waals surface area contributed by atoms with Crippen LogP contribution in [0.1, 0.15) is 44.7 Å². The lowest BCUT2D eigenvalue weighted by molar-refractivity contribution is -0.140. The largest absolute Gasteiger partial charge is 0.352 e. The van der Waals surface area contributed by atoms with Crippen molar-refractivity contribution in [2.24, 2.45) is 0 Å². The lowest BCUT2D eigenvalue weighted by Crippen LogP contribution is -2.53. The molecule has 39 heavy (non-hydrogen) atoms. The third kappa shape index (κ3) is 7.83. The summed E-state index contributed by atoms with van der Waals surface area (Å²) in [5.74, 6) is -0.770. The minimum atomic E-state index is -4.13. The first kappa shape index (κ1) is 30.2. The molecule has 0 radical (unpaired) electrons. The first-order chi connectivity index (χ1) is 18.6. The van der Waals surface area contributed by atoms with Crippen LogP contribution < -0.4 is 9.62 Å². The van der Waals surface area contributed by atoms with E-state index in [1.807, 2.05) is 52.0 Å². The molecule has 1 N–H and O–H groups in total. The molecule has 3 aromatic rings. The Kier molecular flexibility index (Phi) is 10.5. The molecule has 0 saturated heterocycles. The molecule has 9 heteroatoms. The number of halogens is 1. The number of anilines is 1. The Morgan fingerprint density at radius 3 is 2.18 bits per heavy atom. The summed E-state index contributed by atoms with van der Waals surface area (Å²) in [7, 11) is -4.13. The molecular weight excluding hydrogens is 534 g/mol. The van der Waals surface area contributed by atoms with Gasteiger partial charge in [0.1, 0.15) is 12.6 Å². The Bertz CT molecular complexity index is 1360. The molecule has 3 rings (SSSR count). The molecule has 0 heterocycles. The molecule has 0 aromatic heterocycles. The van der Waals surface area contributed by atoms with Gasteiger partial charge in [0.2, 0.25) is 11.8 Å². The van der Waals surface area contributed by atoms with Gasteiger partial charge in [0, 0.05) is 17.6 Å². The van der Waals surface area contributed by atoms with E-state index < -0.39 is 28.5 Å². The molecule has 0 unspecified atom stereocenters. The second-order valence-corrected chi connectivity index (χ2v) is 11.9. The van der Waals surface area contributed by atoms with Gasteiger partial charge in [-0.2, -0.15) is 0 Å². The first-order valence-corrected chi connectivity index (χ1v) is 14.9. The standard InChI is InChI=1S/C30H36ClN3O4S/c1-5-23(4)32-30(36)28(6-2)33(20-24-17-15-22(3)16-18-24)29(35)21-34(26-12-10-11-25(31)19-26)39(37,38)27-13-8-7-9-14-27/h7-19,23,28H,5-6,20-21H2,1-4H3,(H,32,36)/t23-,28-/m0/s1. The van der Waals surface area contributed by atoms with E-state index in [2.05, 4.69) is 5.32 Å². The molecule has 3 aromatic carbocycles. The zero-order valence-corrected chi connectivity index (χ0v) is 24.4. The highest BCUT2D eigenvalue weighted by molar-refractivity contribution is 7.92. The van der Waals surface area contributed by atoms with Gasteiger partial charge < -0.3 is 10.2 Å². The minimum absolute atomic E-state index is 0.0458. The normalized spacial score (nSPS) is 12.8. The minimum Gasteiger partial charge on any atom is -0.352 e. The Hall–Kier alpha value is -3.36. The lowest BCUT2D eigenvalue weighted by Gasteiger charge is -2.33.